The van der Waals surface area contributed by atoms with Gasteiger partial charge < -0.3 is 19.5 Å². The van der Waals surface area contributed by atoms with Crippen molar-refractivity contribution in [3.8, 4) is 28.6 Å². The van der Waals surface area contributed by atoms with E-state index in [9.17, 15) is 0 Å². The van der Waals surface area contributed by atoms with Crippen LogP contribution in [-0.2, 0) is 0 Å². The number of ether oxygens (including phenoxy) is 3. The van der Waals surface area contributed by atoms with Crippen molar-refractivity contribution in [2.75, 3.05) is 25.3 Å². The Morgan fingerprint density at radius 1 is 1.17 bits per heavy atom. The third kappa shape index (κ3) is 3.97. The standard InChI is InChI=1S/C21H21ClN4O3S/c1-4-9-30-21-24-20-17(25-26-21)13-7-5-6-8-15(13)23-19(29-20)12-10-14(22)18(28-3)16(11-12)27-2/h5-8,10-11,19,23H,4,9H2,1-3H3/t19-/m0/s1. The van der Waals surface area contributed by atoms with Gasteiger partial charge in [-0.3, -0.25) is 0 Å². The molecule has 0 saturated carbocycles. The number of fused-ring (bicyclic) bond motifs is 3. The normalized spacial score (nSPS) is 14.6. The lowest BCUT2D eigenvalue weighted by molar-refractivity contribution is 0.224. The van der Waals surface area contributed by atoms with E-state index in [1.54, 1.807) is 32.0 Å². The van der Waals surface area contributed by atoms with Crippen LogP contribution in [0.15, 0.2) is 41.6 Å². The number of nitrogens with zero attached hydrogens (tertiary/aromatic N) is 3. The number of halogens is 1. The molecule has 0 fully saturated rings. The molecule has 2 aromatic carbocycles. The summed E-state index contributed by atoms with van der Waals surface area (Å²) < 4.78 is 17.1. The van der Waals surface area contributed by atoms with Gasteiger partial charge in [-0.1, -0.05) is 48.5 Å². The zero-order chi connectivity index (χ0) is 21.1. The van der Waals surface area contributed by atoms with Crippen molar-refractivity contribution in [3.05, 3.63) is 47.0 Å². The van der Waals surface area contributed by atoms with Gasteiger partial charge in [-0.2, -0.15) is 4.98 Å². The molecular formula is C21H21ClN4O3S. The highest BCUT2D eigenvalue weighted by atomic mass is 35.5. The molecule has 0 unspecified atom stereocenters. The summed E-state index contributed by atoms with van der Waals surface area (Å²) in [5, 5.41) is 13.1. The van der Waals surface area contributed by atoms with Crippen molar-refractivity contribution < 1.29 is 14.2 Å². The molecule has 3 aromatic rings. The second-order valence-corrected chi connectivity index (χ2v) is 7.99. The number of methoxy groups -OCH3 is 2. The molecule has 1 aliphatic rings. The maximum Gasteiger partial charge on any atom is 0.247 e. The fourth-order valence-electron chi connectivity index (χ4n) is 3.14. The molecule has 1 atom stereocenters. The fourth-order valence-corrected chi connectivity index (χ4v) is 4.07. The molecule has 1 N–H and O–H groups in total. The van der Waals surface area contributed by atoms with Gasteiger partial charge in [-0.15, -0.1) is 10.2 Å². The average Bonchev–Trinajstić information content (AvgIpc) is 2.93. The van der Waals surface area contributed by atoms with Crippen molar-refractivity contribution >= 4 is 29.1 Å². The van der Waals surface area contributed by atoms with E-state index in [1.807, 2.05) is 30.3 Å². The van der Waals surface area contributed by atoms with Gasteiger partial charge in [0, 0.05) is 22.6 Å². The number of hydrogen-bond donors (Lipinski definition) is 1. The second kappa shape index (κ2) is 8.97. The van der Waals surface area contributed by atoms with Crippen molar-refractivity contribution in [1.82, 2.24) is 15.2 Å². The maximum atomic E-state index is 6.43. The van der Waals surface area contributed by atoms with Crippen LogP contribution < -0.4 is 19.5 Å². The average molecular weight is 445 g/mol. The predicted octanol–water partition coefficient (Wildman–Crippen LogP) is 5.21. The number of rotatable bonds is 6. The van der Waals surface area contributed by atoms with E-state index in [1.165, 1.54) is 0 Å². The highest BCUT2D eigenvalue weighted by molar-refractivity contribution is 7.99. The Hall–Kier alpha value is -2.71. The van der Waals surface area contributed by atoms with Crippen LogP contribution in [0.2, 0.25) is 5.02 Å². The van der Waals surface area contributed by atoms with Crippen molar-refractivity contribution in [1.29, 1.82) is 0 Å². The van der Waals surface area contributed by atoms with Crippen LogP contribution in [0.5, 0.6) is 17.4 Å². The minimum absolute atomic E-state index is 0.414. The Morgan fingerprint density at radius 2 is 2.00 bits per heavy atom. The molecule has 1 aliphatic heterocycles. The van der Waals surface area contributed by atoms with Gasteiger partial charge in [0.2, 0.25) is 11.0 Å². The molecule has 0 spiro atoms. The molecule has 30 heavy (non-hydrogen) atoms. The molecule has 0 aliphatic carbocycles. The lowest BCUT2D eigenvalue weighted by Crippen LogP contribution is -2.17. The van der Waals surface area contributed by atoms with Crippen LogP contribution in [0.3, 0.4) is 0 Å². The van der Waals surface area contributed by atoms with Gasteiger partial charge in [0.1, 0.15) is 0 Å². The quantitative estimate of drug-likeness (QED) is 0.519. The monoisotopic (exact) mass is 444 g/mol. The van der Waals surface area contributed by atoms with Crippen LogP contribution in [0.1, 0.15) is 25.1 Å². The molecule has 2 heterocycles. The largest absolute Gasteiger partial charge is 0.493 e. The van der Waals surface area contributed by atoms with Gasteiger partial charge in [0.05, 0.1) is 19.2 Å². The number of nitrogens with one attached hydrogen (secondary N) is 1. The molecule has 0 radical (unpaired) electrons. The second-order valence-electron chi connectivity index (χ2n) is 6.52. The minimum atomic E-state index is -0.564. The van der Waals surface area contributed by atoms with Gasteiger partial charge in [0.25, 0.3) is 0 Å². The van der Waals surface area contributed by atoms with Crippen LogP contribution >= 0.6 is 23.4 Å². The van der Waals surface area contributed by atoms with E-state index in [4.69, 9.17) is 25.8 Å². The number of hydrogen-bond acceptors (Lipinski definition) is 8. The number of anilines is 1. The highest BCUT2D eigenvalue weighted by Gasteiger charge is 2.27. The summed E-state index contributed by atoms with van der Waals surface area (Å²) in [6.45, 7) is 2.11. The molecule has 156 valence electrons. The topological polar surface area (TPSA) is 78.4 Å². The van der Waals surface area contributed by atoms with Gasteiger partial charge in [-0.25, -0.2) is 0 Å². The highest BCUT2D eigenvalue weighted by Crippen LogP contribution is 2.42. The van der Waals surface area contributed by atoms with Gasteiger partial charge in [0.15, 0.2) is 23.4 Å². The van der Waals surface area contributed by atoms with Gasteiger partial charge in [-0.05, 0) is 24.6 Å². The molecule has 9 heteroatoms. The van der Waals surface area contributed by atoms with E-state index >= 15 is 0 Å². The first-order valence-corrected chi connectivity index (χ1v) is 10.8. The molecule has 0 bridgehead atoms. The Balaban J connectivity index is 1.80. The number of thioether (sulfide) groups is 1. The summed E-state index contributed by atoms with van der Waals surface area (Å²) in [6, 6.07) is 11.4. The van der Waals surface area contributed by atoms with Crippen LogP contribution in [0.4, 0.5) is 5.69 Å². The van der Waals surface area contributed by atoms with Crippen LogP contribution in [0.25, 0.3) is 11.3 Å². The summed E-state index contributed by atoms with van der Waals surface area (Å²) in [5.41, 5.74) is 3.08. The lowest BCUT2D eigenvalue weighted by Gasteiger charge is -2.21. The molecule has 4 rings (SSSR count). The fraction of sp³-hybridized carbons (Fsp3) is 0.286. The van der Waals surface area contributed by atoms with Crippen molar-refractivity contribution in [2.45, 2.75) is 24.7 Å². The molecule has 7 nitrogen and oxygen atoms in total. The molecule has 0 amide bonds. The van der Waals surface area contributed by atoms with Gasteiger partial charge >= 0.3 is 0 Å². The Morgan fingerprint density at radius 3 is 2.77 bits per heavy atom. The minimum Gasteiger partial charge on any atom is -0.493 e. The predicted molar refractivity (Wildman–Crippen MR) is 118 cm³/mol. The first-order valence-electron chi connectivity index (χ1n) is 9.46. The van der Waals surface area contributed by atoms with E-state index in [2.05, 4.69) is 27.4 Å². The van der Waals surface area contributed by atoms with Crippen LogP contribution in [-0.4, -0.2) is 35.2 Å². The molecule has 0 saturated heterocycles. The number of benzene rings is 2. The van der Waals surface area contributed by atoms with E-state index in [0.717, 1.165) is 29.0 Å². The Bertz CT molecular complexity index is 1070. The molecular weight excluding hydrogens is 424 g/mol. The summed E-state index contributed by atoms with van der Waals surface area (Å²) in [7, 11) is 3.12. The first kappa shape index (κ1) is 20.6. The van der Waals surface area contributed by atoms with Crippen molar-refractivity contribution in [3.63, 3.8) is 0 Å². The SMILES string of the molecule is CCCSc1nnc2c(n1)O[C@@H](c1cc(Cl)c(OC)c(OC)c1)Nc1ccccc1-2. The zero-order valence-corrected chi connectivity index (χ0v) is 18.4. The van der Waals surface area contributed by atoms with Crippen LogP contribution in [0, 0.1) is 0 Å². The van der Waals surface area contributed by atoms with Crippen molar-refractivity contribution in [2.24, 2.45) is 0 Å². The third-order valence-corrected chi connectivity index (χ3v) is 5.85. The molecule has 1 aromatic heterocycles. The maximum absolute atomic E-state index is 6.43. The summed E-state index contributed by atoms with van der Waals surface area (Å²) >= 11 is 7.98. The summed E-state index contributed by atoms with van der Waals surface area (Å²) in [6.07, 6.45) is 0.453. The van der Waals surface area contributed by atoms with E-state index in [-0.39, 0.29) is 0 Å². The first-order chi connectivity index (χ1) is 14.6. The Kier molecular flexibility index (Phi) is 6.15. The van der Waals surface area contributed by atoms with E-state index in [0.29, 0.717) is 33.3 Å². The summed E-state index contributed by atoms with van der Waals surface area (Å²) in [4.78, 5) is 4.62. The Labute approximate surface area is 184 Å². The number of aromatic nitrogens is 3. The number of para-hydroxylation sites is 1. The smallest absolute Gasteiger partial charge is 0.247 e. The lowest BCUT2D eigenvalue weighted by atomic mass is 10.1. The third-order valence-electron chi connectivity index (χ3n) is 4.53. The van der Waals surface area contributed by atoms with E-state index < -0.39 is 6.23 Å². The summed E-state index contributed by atoms with van der Waals surface area (Å²) in [5.74, 6) is 2.31. The zero-order valence-electron chi connectivity index (χ0n) is 16.8.